The molecule has 0 fully saturated rings. The van der Waals surface area contributed by atoms with Crippen molar-refractivity contribution >= 4 is 5.78 Å². The van der Waals surface area contributed by atoms with Gasteiger partial charge in [-0.1, -0.05) is 32.0 Å². The zero-order chi connectivity index (χ0) is 15.4. The second-order valence-corrected chi connectivity index (χ2v) is 5.04. The third-order valence-electron chi connectivity index (χ3n) is 3.14. The van der Waals surface area contributed by atoms with Gasteiger partial charge in [0.2, 0.25) is 5.78 Å². The Hall–Kier alpha value is -2.23. The standard InChI is InChI=1S/C17H16F2O2/c1-11(2)12-5-3-6-13(9-12)21-10-16(20)17-14(18)7-4-8-15(17)19/h3-9,11H,10H2,1-2H3. The van der Waals surface area contributed by atoms with Crippen molar-refractivity contribution in [2.24, 2.45) is 0 Å². The van der Waals surface area contributed by atoms with Crippen LogP contribution < -0.4 is 4.74 Å². The van der Waals surface area contributed by atoms with Gasteiger partial charge in [-0.05, 0) is 35.7 Å². The summed E-state index contributed by atoms with van der Waals surface area (Å²) < 4.78 is 32.3. The highest BCUT2D eigenvalue weighted by Crippen LogP contribution is 2.20. The van der Waals surface area contributed by atoms with Crippen molar-refractivity contribution in [2.75, 3.05) is 6.61 Å². The van der Waals surface area contributed by atoms with E-state index in [2.05, 4.69) is 0 Å². The summed E-state index contributed by atoms with van der Waals surface area (Å²) in [4.78, 5) is 11.9. The van der Waals surface area contributed by atoms with Crippen LogP contribution in [0.25, 0.3) is 0 Å². The third-order valence-corrected chi connectivity index (χ3v) is 3.14. The molecular formula is C17H16F2O2. The van der Waals surface area contributed by atoms with Crippen LogP contribution in [0.4, 0.5) is 8.78 Å². The molecule has 2 aromatic rings. The molecule has 0 unspecified atom stereocenters. The lowest BCUT2D eigenvalue weighted by Crippen LogP contribution is -2.15. The van der Waals surface area contributed by atoms with Crippen molar-refractivity contribution in [3.8, 4) is 5.75 Å². The van der Waals surface area contributed by atoms with Crippen LogP contribution in [0.1, 0.15) is 35.7 Å². The number of hydrogen-bond acceptors (Lipinski definition) is 2. The minimum absolute atomic E-state index is 0.327. The molecule has 0 aromatic heterocycles. The Morgan fingerprint density at radius 3 is 2.33 bits per heavy atom. The van der Waals surface area contributed by atoms with Crippen LogP contribution in [-0.4, -0.2) is 12.4 Å². The highest BCUT2D eigenvalue weighted by atomic mass is 19.1. The summed E-state index contributed by atoms with van der Waals surface area (Å²) in [5.74, 6) is -1.64. The molecular weight excluding hydrogens is 274 g/mol. The van der Waals surface area contributed by atoms with Crippen LogP contribution in [0.5, 0.6) is 5.75 Å². The lowest BCUT2D eigenvalue weighted by Gasteiger charge is -2.10. The van der Waals surface area contributed by atoms with Crippen LogP contribution in [0.3, 0.4) is 0 Å². The van der Waals surface area contributed by atoms with Crippen molar-refractivity contribution in [2.45, 2.75) is 19.8 Å². The molecule has 4 heteroatoms. The molecule has 2 nitrogen and oxygen atoms in total. The maximum absolute atomic E-state index is 13.5. The van der Waals surface area contributed by atoms with E-state index >= 15 is 0 Å². The number of rotatable bonds is 5. The third kappa shape index (κ3) is 3.66. The largest absolute Gasteiger partial charge is 0.485 e. The molecule has 0 aliphatic rings. The molecule has 0 amide bonds. The maximum atomic E-state index is 13.5. The van der Waals surface area contributed by atoms with Crippen molar-refractivity contribution in [3.63, 3.8) is 0 Å². The van der Waals surface area contributed by atoms with Gasteiger partial charge in [0.05, 0.1) is 5.56 Å². The molecule has 0 radical (unpaired) electrons. The number of carbonyl (C=O) groups excluding carboxylic acids is 1. The molecule has 0 saturated heterocycles. The van der Waals surface area contributed by atoms with Gasteiger partial charge in [0, 0.05) is 0 Å². The molecule has 0 spiro atoms. The fraction of sp³-hybridized carbons (Fsp3) is 0.235. The van der Waals surface area contributed by atoms with Gasteiger partial charge in [0.15, 0.2) is 6.61 Å². The van der Waals surface area contributed by atoms with E-state index in [9.17, 15) is 13.6 Å². The number of benzene rings is 2. The summed E-state index contributed by atoms with van der Waals surface area (Å²) in [6, 6.07) is 10.6. The van der Waals surface area contributed by atoms with Crippen LogP contribution >= 0.6 is 0 Å². The average molecular weight is 290 g/mol. The molecule has 2 aromatic carbocycles. The minimum Gasteiger partial charge on any atom is -0.485 e. The van der Waals surface area contributed by atoms with Crippen LogP contribution in [0, 0.1) is 11.6 Å². The van der Waals surface area contributed by atoms with E-state index < -0.39 is 29.6 Å². The van der Waals surface area contributed by atoms with E-state index in [1.165, 1.54) is 6.07 Å². The van der Waals surface area contributed by atoms with Gasteiger partial charge in [-0.2, -0.15) is 0 Å². The summed E-state index contributed by atoms with van der Waals surface area (Å²) in [5, 5.41) is 0. The Kier molecular flexibility index (Phi) is 4.68. The van der Waals surface area contributed by atoms with Crippen molar-refractivity contribution < 1.29 is 18.3 Å². The first-order chi connectivity index (χ1) is 9.99. The SMILES string of the molecule is CC(C)c1cccc(OCC(=O)c2c(F)cccc2F)c1. The fourth-order valence-corrected chi connectivity index (χ4v) is 1.95. The van der Waals surface area contributed by atoms with Crippen LogP contribution in [-0.2, 0) is 0 Å². The van der Waals surface area contributed by atoms with Gasteiger partial charge < -0.3 is 4.74 Å². The van der Waals surface area contributed by atoms with Crippen molar-refractivity contribution in [3.05, 3.63) is 65.2 Å². The predicted molar refractivity (Wildman–Crippen MR) is 76.7 cm³/mol. The smallest absolute Gasteiger partial charge is 0.206 e. The highest BCUT2D eigenvalue weighted by Gasteiger charge is 2.17. The van der Waals surface area contributed by atoms with Gasteiger partial charge >= 0.3 is 0 Å². The normalized spacial score (nSPS) is 10.7. The Bertz CT molecular complexity index is 631. The Morgan fingerprint density at radius 1 is 1.10 bits per heavy atom. The van der Waals surface area contributed by atoms with Gasteiger partial charge in [-0.3, -0.25) is 4.79 Å². The van der Waals surface area contributed by atoms with E-state index in [1.807, 2.05) is 32.0 Å². The Balaban J connectivity index is 2.09. The fourth-order valence-electron chi connectivity index (χ4n) is 1.95. The monoisotopic (exact) mass is 290 g/mol. The van der Waals surface area contributed by atoms with E-state index in [0.717, 1.165) is 17.7 Å². The second kappa shape index (κ2) is 6.48. The maximum Gasteiger partial charge on any atom is 0.206 e. The topological polar surface area (TPSA) is 26.3 Å². The average Bonchev–Trinajstić information content (AvgIpc) is 2.45. The summed E-state index contributed by atoms with van der Waals surface area (Å²) >= 11 is 0. The van der Waals surface area contributed by atoms with Gasteiger partial charge in [-0.15, -0.1) is 0 Å². The highest BCUT2D eigenvalue weighted by molar-refractivity contribution is 5.97. The first-order valence-corrected chi connectivity index (χ1v) is 6.69. The zero-order valence-corrected chi connectivity index (χ0v) is 11.9. The molecule has 0 saturated carbocycles. The van der Waals surface area contributed by atoms with Gasteiger partial charge in [0.1, 0.15) is 17.4 Å². The molecule has 110 valence electrons. The summed E-state index contributed by atoms with van der Waals surface area (Å²) in [7, 11) is 0. The van der Waals surface area contributed by atoms with E-state index in [-0.39, 0.29) is 0 Å². The summed E-state index contributed by atoms with van der Waals surface area (Å²) in [6.45, 7) is 3.68. The van der Waals surface area contributed by atoms with Crippen molar-refractivity contribution in [1.29, 1.82) is 0 Å². The Morgan fingerprint density at radius 2 is 1.71 bits per heavy atom. The lowest BCUT2D eigenvalue weighted by atomic mass is 10.0. The Labute approximate surface area is 122 Å². The van der Waals surface area contributed by atoms with E-state index in [0.29, 0.717) is 11.7 Å². The molecule has 0 aliphatic carbocycles. The summed E-state index contributed by atoms with van der Waals surface area (Å²) in [6.07, 6.45) is 0. The van der Waals surface area contributed by atoms with Crippen LogP contribution in [0.15, 0.2) is 42.5 Å². The number of ketones is 1. The molecule has 2 rings (SSSR count). The molecule has 0 heterocycles. The first kappa shape index (κ1) is 15.2. The number of carbonyl (C=O) groups is 1. The molecule has 0 aliphatic heterocycles. The first-order valence-electron chi connectivity index (χ1n) is 6.69. The molecule has 0 bridgehead atoms. The number of Topliss-reactive ketones (excluding diaryl/α,β-unsaturated/α-hetero) is 1. The van der Waals surface area contributed by atoms with E-state index in [1.54, 1.807) is 6.07 Å². The number of halogens is 2. The van der Waals surface area contributed by atoms with Gasteiger partial charge in [-0.25, -0.2) is 8.78 Å². The van der Waals surface area contributed by atoms with Crippen LogP contribution in [0.2, 0.25) is 0 Å². The van der Waals surface area contributed by atoms with Gasteiger partial charge in [0.25, 0.3) is 0 Å². The predicted octanol–water partition coefficient (Wildman–Crippen LogP) is 4.35. The lowest BCUT2D eigenvalue weighted by molar-refractivity contribution is 0.0913. The summed E-state index contributed by atoms with van der Waals surface area (Å²) in [5.41, 5.74) is 0.509. The molecule has 21 heavy (non-hydrogen) atoms. The molecule has 0 N–H and O–H groups in total. The molecule has 0 atom stereocenters. The quantitative estimate of drug-likeness (QED) is 0.765. The number of hydrogen-bond donors (Lipinski definition) is 0. The zero-order valence-electron chi connectivity index (χ0n) is 11.9. The second-order valence-electron chi connectivity index (χ2n) is 5.04. The van der Waals surface area contributed by atoms with Crippen molar-refractivity contribution in [1.82, 2.24) is 0 Å². The number of ether oxygens (including phenoxy) is 1. The van der Waals surface area contributed by atoms with E-state index in [4.69, 9.17) is 4.74 Å². The minimum atomic E-state index is -0.875.